The van der Waals surface area contributed by atoms with Gasteiger partial charge in [-0.3, -0.25) is 4.79 Å². The first-order valence-corrected chi connectivity index (χ1v) is 9.64. The van der Waals surface area contributed by atoms with Crippen molar-refractivity contribution < 1.29 is 18.8 Å². The van der Waals surface area contributed by atoms with Gasteiger partial charge in [-0.15, -0.1) is 11.3 Å². The van der Waals surface area contributed by atoms with Gasteiger partial charge in [-0.2, -0.15) is 0 Å². The van der Waals surface area contributed by atoms with Crippen molar-refractivity contribution in [2.75, 3.05) is 6.61 Å². The van der Waals surface area contributed by atoms with Crippen LogP contribution < -0.4 is 0 Å². The summed E-state index contributed by atoms with van der Waals surface area (Å²) in [4.78, 5) is 26.2. The van der Waals surface area contributed by atoms with E-state index in [0.717, 1.165) is 17.9 Å². The molecule has 0 fully saturated rings. The van der Waals surface area contributed by atoms with E-state index in [0.29, 0.717) is 29.0 Å². The Morgan fingerprint density at radius 1 is 1.30 bits per heavy atom. The Hall–Kier alpha value is -2.67. The van der Waals surface area contributed by atoms with E-state index in [1.165, 1.54) is 4.88 Å². The largest absolute Gasteiger partial charge is 0.454 e. The number of thiophene rings is 1. The second-order valence-corrected chi connectivity index (χ2v) is 7.40. The number of aromatic nitrogens is 2. The summed E-state index contributed by atoms with van der Waals surface area (Å²) in [6, 6.07) is 5.93. The SMILES string of the molecule is CCc1noc(C)c1C(=O)OCC(=O)c1cc(C)n(Cc2cccs2)c1C. The van der Waals surface area contributed by atoms with E-state index in [-0.39, 0.29) is 12.4 Å². The lowest BCUT2D eigenvalue weighted by Gasteiger charge is -2.08. The van der Waals surface area contributed by atoms with Crippen LogP contribution in [-0.2, 0) is 17.7 Å². The number of rotatable bonds is 7. The van der Waals surface area contributed by atoms with Gasteiger partial charge >= 0.3 is 5.97 Å². The topological polar surface area (TPSA) is 74.3 Å². The van der Waals surface area contributed by atoms with Gasteiger partial charge in [0.05, 0.1) is 12.2 Å². The predicted molar refractivity (Wildman–Crippen MR) is 103 cm³/mol. The molecule has 3 aromatic rings. The zero-order chi connectivity index (χ0) is 19.6. The minimum Gasteiger partial charge on any atom is -0.454 e. The number of Topliss-reactive ketones (excluding diaryl/α,β-unsaturated/α-hetero) is 1. The first kappa shape index (κ1) is 19.1. The summed E-state index contributed by atoms with van der Waals surface area (Å²) in [7, 11) is 0. The van der Waals surface area contributed by atoms with Crippen LogP contribution in [-0.4, -0.2) is 28.1 Å². The van der Waals surface area contributed by atoms with E-state index in [2.05, 4.69) is 15.8 Å². The van der Waals surface area contributed by atoms with Gasteiger partial charge in [0.2, 0.25) is 5.78 Å². The molecule has 0 saturated heterocycles. The number of hydrogen-bond donors (Lipinski definition) is 0. The lowest BCUT2D eigenvalue weighted by molar-refractivity contribution is 0.0472. The van der Waals surface area contributed by atoms with Gasteiger partial charge in [0, 0.05) is 21.8 Å². The summed E-state index contributed by atoms with van der Waals surface area (Å²) in [6.45, 7) is 7.83. The van der Waals surface area contributed by atoms with Crippen LogP contribution in [0.15, 0.2) is 28.1 Å². The fourth-order valence-electron chi connectivity index (χ4n) is 3.09. The average molecular weight is 386 g/mol. The first-order chi connectivity index (χ1) is 12.9. The highest BCUT2D eigenvalue weighted by Gasteiger charge is 2.23. The van der Waals surface area contributed by atoms with Crippen LogP contribution in [0.25, 0.3) is 0 Å². The molecule has 0 amide bonds. The molecule has 7 heteroatoms. The van der Waals surface area contributed by atoms with E-state index >= 15 is 0 Å². The molecule has 3 rings (SSSR count). The molecule has 6 nitrogen and oxygen atoms in total. The molecule has 0 aliphatic heterocycles. The zero-order valence-electron chi connectivity index (χ0n) is 15.9. The number of carbonyl (C=O) groups excluding carboxylic acids is 2. The molecule has 0 aliphatic rings. The third-order valence-corrected chi connectivity index (χ3v) is 5.44. The van der Waals surface area contributed by atoms with Gasteiger partial charge in [-0.1, -0.05) is 18.1 Å². The van der Waals surface area contributed by atoms with Crippen LogP contribution in [0.1, 0.15) is 55.4 Å². The molecule has 0 unspecified atom stereocenters. The molecule has 0 saturated carbocycles. The van der Waals surface area contributed by atoms with E-state index in [1.54, 1.807) is 18.3 Å². The predicted octanol–water partition coefficient (Wildman–Crippen LogP) is 4.11. The molecule has 3 heterocycles. The summed E-state index contributed by atoms with van der Waals surface area (Å²) < 4.78 is 12.4. The number of carbonyl (C=O) groups is 2. The average Bonchev–Trinajstić information content (AvgIpc) is 3.35. The number of hydrogen-bond acceptors (Lipinski definition) is 6. The molecule has 0 radical (unpaired) electrons. The molecule has 0 bridgehead atoms. The van der Waals surface area contributed by atoms with Crippen LogP contribution in [0.2, 0.25) is 0 Å². The number of aryl methyl sites for hydroxylation is 3. The molecular weight excluding hydrogens is 364 g/mol. The van der Waals surface area contributed by atoms with Gasteiger partial charge in [-0.25, -0.2) is 4.79 Å². The lowest BCUT2D eigenvalue weighted by Crippen LogP contribution is -2.16. The fourth-order valence-corrected chi connectivity index (χ4v) is 3.78. The van der Waals surface area contributed by atoms with Gasteiger partial charge < -0.3 is 13.8 Å². The number of esters is 1. The summed E-state index contributed by atoms with van der Waals surface area (Å²) in [5.74, 6) is -0.397. The maximum atomic E-state index is 12.6. The molecule has 0 aliphatic carbocycles. The summed E-state index contributed by atoms with van der Waals surface area (Å²) in [5.41, 5.74) is 3.30. The van der Waals surface area contributed by atoms with Crippen LogP contribution in [0.4, 0.5) is 0 Å². The normalized spacial score (nSPS) is 11.0. The third kappa shape index (κ3) is 3.88. The highest BCUT2D eigenvalue weighted by molar-refractivity contribution is 7.09. The van der Waals surface area contributed by atoms with Crippen molar-refractivity contribution in [3.63, 3.8) is 0 Å². The number of nitrogens with zero attached hydrogens (tertiary/aromatic N) is 2. The first-order valence-electron chi connectivity index (χ1n) is 8.77. The highest BCUT2D eigenvalue weighted by atomic mass is 32.1. The van der Waals surface area contributed by atoms with Crippen molar-refractivity contribution >= 4 is 23.1 Å². The van der Waals surface area contributed by atoms with Gasteiger partial charge in [-0.05, 0) is 44.7 Å². The van der Waals surface area contributed by atoms with Crippen molar-refractivity contribution in [3.05, 3.63) is 62.4 Å². The maximum absolute atomic E-state index is 12.6. The molecule has 0 spiro atoms. The Labute approximate surface area is 161 Å². The Morgan fingerprint density at radius 3 is 2.74 bits per heavy atom. The molecular formula is C20H22N2O4S. The molecule has 0 N–H and O–H groups in total. The second kappa shape index (κ2) is 7.92. The Kier molecular flexibility index (Phi) is 5.60. The number of ether oxygens (including phenoxy) is 1. The molecule has 142 valence electrons. The van der Waals surface area contributed by atoms with Crippen LogP contribution in [0, 0.1) is 20.8 Å². The van der Waals surface area contributed by atoms with Gasteiger partial charge in [0.25, 0.3) is 0 Å². The Bertz CT molecular complexity index is 967. The summed E-state index contributed by atoms with van der Waals surface area (Å²) >= 11 is 1.68. The maximum Gasteiger partial charge on any atom is 0.344 e. The third-order valence-electron chi connectivity index (χ3n) is 4.57. The van der Waals surface area contributed by atoms with Crippen molar-refractivity contribution in [3.8, 4) is 0 Å². The zero-order valence-corrected chi connectivity index (χ0v) is 16.7. The fraction of sp³-hybridized carbons (Fsp3) is 0.350. The van der Waals surface area contributed by atoms with Crippen LogP contribution in [0.5, 0.6) is 0 Å². The van der Waals surface area contributed by atoms with Crippen LogP contribution in [0.3, 0.4) is 0 Å². The smallest absolute Gasteiger partial charge is 0.344 e. The Morgan fingerprint density at radius 2 is 2.07 bits per heavy atom. The van der Waals surface area contributed by atoms with E-state index < -0.39 is 5.97 Å². The monoisotopic (exact) mass is 386 g/mol. The Balaban J connectivity index is 1.71. The minimum absolute atomic E-state index is 0.221. The molecule has 0 aromatic carbocycles. The molecule has 27 heavy (non-hydrogen) atoms. The minimum atomic E-state index is -0.577. The molecule has 0 atom stereocenters. The van der Waals surface area contributed by atoms with Crippen molar-refractivity contribution in [2.45, 2.75) is 40.7 Å². The second-order valence-electron chi connectivity index (χ2n) is 6.36. The van der Waals surface area contributed by atoms with Gasteiger partial charge in [0.15, 0.2) is 6.61 Å². The number of ketones is 1. The van der Waals surface area contributed by atoms with E-state index in [4.69, 9.17) is 9.26 Å². The van der Waals surface area contributed by atoms with Crippen molar-refractivity contribution in [2.24, 2.45) is 0 Å². The quantitative estimate of drug-likeness (QED) is 0.451. The van der Waals surface area contributed by atoms with Crippen molar-refractivity contribution in [1.29, 1.82) is 0 Å². The standard InChI is InChI=1S/C20H22N2O4S/c1-5-17-19(14(4)26-21-17)20(24)25-11-18(23)16-9-12(2)22(13(16)3)10-15-7-6-8-27-15/h6-9H,5,10-11H2,1-4H3. The van der Waals surface area contributed by atoms with E-state index in [9.17, 15) is 9.59 Å². The summed E-state index contributed by atoms with van der Waals surface area (Å²) in [6.07, 6.45) is 0.555. The van der Waals surface area contributed by atoms with Crippen LogP contribution >= 0.6 is 11.3 Å². The van der Waals surface area contributed by atoms with Crippen molar-refractivity contribution in [1.82, 2.24) is 9.72 Å². The summed E-state index contributed by atoms with van der Waals surface area (Å²) in [5, 5.41) is 5.88. The molecule has 3 aromatic heterocycles. The van der Waals surface area contributed by atoms with E-state index in [1.807, 2.05) is 38.3 Å². The lowest BCUT2D eigenvalue weighted by atomic mass is 10.1. The van der Waals surface area contributed by atoms with Gasteiger partial charge in [0.1, 0.15) is 11.3 Å². The highest BCUT2D eigenvalue weighted by Crippen LogP contribution is 2.20.